The minimum absolute atomic E-state index is 0.950. The lowest BCUT2D eigenvalue weighted by molar-refractivity contribution is 0.504. The van der Waals surface area contributed by atoms with Crippen LogP contribution in [0, 0.1) is 13.8 Å². The van der Waals surface area contributed by atoms with Gasteiger partial charge in [-0.15, -0.1) is 0 Å². The summed E-state index contributed by atoms with van der Waals surface area (Å²) >= 11 is 0. The summed E-state index contributed by atoms with van der Waals surface area (Å²) < 4.78 is 5.33. The van der Waals surface area contributed by atoms with Crippen molar-refractivity contribution < 1.29 is 4.42 Å². The van der Waals surface area contributed by atoms with Crippen molar-refractivity contribution in [2.45, 2.75) is 13.8 Å². The highest BCUT2D eigenvalue weighted by Gasteiger charge is 1.98. The third-order valence-corrected chi connectivity index (χ3v) is 1.49. The number of rotatable bonds is 2. The van der Waals surface area contributed by atoms with Crippen molar-refractivity contribution in [2.75, 3.05) is 0 Å². The Kier molecular flexibility index (Phi) is 2.32. The molecule has 0 N–H and O–H groups in total. The van der Waals surface area contributed by atoms with Crippen LogP contribution in [0.2, 0.25) is 0 Å². The van der Waals surface area contributed by atoms with Crippen molar-refractivity contribution >= 4 is 6.08 Å². The van der Waals surface area contributed by atoms with Gasteiger partial charge in [0, 0.05) is 5.56 Å². The van der Waals surface area contributed by atoms with Crippen LogP contribution in [0.3, 0.4) is 0 Å². The Bertz CT molecular complexity index is 279. The number of hydrogen-bond acceptors (Lipinski definition) is 1. The fourth-order valence-corrected chi connectivity index (χ4v) is 0.988. The summed E-state index contributed by atoms with van der Waals surface area (Å²) in [7, 11) is 0. The molecule has 0 unspecified atom stereocenters. The predicted octanol–water partition coefficient (Wildman–Crippen LogP) is 3.10. The van der Waals surface area contributed by atoms with Gasteiger partial charge in [-0.3, -0.25) is 0 Å². The van der Waals surface area contributed by atoms with Crippen LogP contribution < -0.4 is 0 Å². The first-order valence-corrected chi connectivity index (χ1v) is 3.60. The highest BCUT2D eigenvalue weighted by atomic mass is 16.3. The van der Waals surface area contributed by atoms with Crippen molar-refractivity contribution in [3.05, 3.63) is 41.9 Å². The Morgan fingerprint density at radius 2 is 2.18 bits per heavy atom. The Morgan fingerprint density at radius 3 is 2.64 bits per heavy atom. The molecule has 0 aromatic carbocycles. The Balaban J connectivity index is 2.93. The summed E-state index contributed by atoms with van der Waals surface area (Å²) in [5, 5.41) is 0. The Morgan fingerprint density at radius 1 is 1.45 bits per heavy atom. The molecular formula is C10H12O. The second kappa shape index (κ2) is 3.24. The van der Waals surface area contributed by atoms with Gasteiger partial charge in [-0.2, -0.15) is 0 Å². The van der Waals surface area contributed by atoms with Gasteiger partial charge >= 0.3 is 0 Å². The molecule has 0 amide bonds. The predicted molar refractivity (Wildman–Crippen MR) is 47.4 cm³/mol. The summed E-state index contributed by atoms with van der Waals surface area (Å²) in [5.74, 6) is 1.91. The maximum atomic E-state index is 5.33. The van der Waals surface area contributed by atoms with E-state index in [9.17, 15) is 0 Å². The zero-order valence-corrected chi connectivity index (χ0v) is 6.92. The van der Waals surface area contributed by atoms with Gasteiger partial charge in [0.15, 0.2) is 0 Å². The monoisotopic (exact) mass is 148 g/mol. The zero-order chi connectivity index (χ0) is 8.27. The maximum absolute atomic E-state index is 5.33. The minimum Gasteiger partial charge on any atom is -0.466 e. The summed E-state index contributed by atoms with van der Waals surface area (Å²) in [6.07, 6.45) is 5.64. The van der Waals surface area contributed by atoms with E-state index in [0.717, 1.165) is 17.1 Å². The smallest absolute Gasteiger partial charge is 0.108 e. The third-order valence-electron chi connectivity index (χ3n) is 1.49. The van der Waals surface area contributed by atoms with Gasteiger partial charge in [0.1, 0.15) is 11.5 Å². The van der Waals surface area contributed by atoms with E-state index < -0.39 is 0 Å². The van der Waals surface area contributed by atoms with Gasteiger partial charge < -0.3 is 4.42 Å². The first kappa shape index (κ1) is 7.86. The van der Waals surface area contributed by atoms with Crippen molar-refractivity contribution in [3.8, 4) is 0 Å². The van der Waals surface area contributed by atoms with E-state index in [1.54, 1.807) is 6.08 Å². The second-order valence-electron chi connectivity index (χ2n) is 2.46. The molecule has 1 heterocycles. The number of allylic oxidation sites excluding steroid dienone is 2. The van der Waals surface area contributed by atoms with Crippen molar-refractivity contribution in [3.63, 3.8) is 0 Å². The lowest BCUT2D eigenvalue weighted by Gasteiger charge is -1.84. The molecule has 1 rings (SSSR count). The molecule has 1 aromatic rings. The summed E-state index contributed by atoms with van der Waals surface area (Å²) in [6.45, 7) is 7.49. The van der Waals surface area contributed by atoms with Crippen LogP contribution in [0.25, 0.3) is 6.08 Å². The van der Waals surface area contributed by atoms with Crippen molar-refractivity contribution in [2.24, 2.45) is 0 Å². The molecule has 0 saturated heterocycles. The van der Waals surface area contributed by atoms with E-state index in [0.29, 0.717) is 0 Å². The number of aryl methyl sites for hydroxylation is 2. The van der Waals surface area contributed by atoms with E-state index in [4.69, 9.17) is 4.42 Å². The van der Waals surface area contributed by atoms with Gasteiger partial charge in [0.2, 0.25) is 0 Å². The summed E-state index contributed by atoms with van der Waals surface area (Å²) in [6, 6.07) is 2.01. The van der Waals surface area contributed by atoms with Crippen LogP contribution in [-0.4, -0.2) is 0 Å². The molecular weight excluding hydrogens is 136 g/mol. The molecule has 0 radical (unpaired) electrons. The fourth-order valence-electron chi connectivity index (χ4n) is 0.988. The first-order chi connectivity index (χ1) is 5.24. The second-order valence-corrected chi connectivity index (χ2v) is 2.46. The molecule has 0 aliphatic rings. The van der Waals surface area contributed by atoms with Gasteiger partial charge in [0.25, 0.3) is 0 Å². The largest absolute Gasteiger partial charge is 0.466 e. The Labute approximate surface area is 67.0 Å². The van der Waals surface area contributed by atoms with Gasteiger partial charge in [0.05, 0.1) is 0 Å². The van der Waals surface area contributed by atoms with Crippen LogP contribution in [0.5, 0.6) is 0 Å². The van der Waals surface area contributed by atoms with Gasteiger partial charge in [-0.1, -0.05) is 24.8 Å². The molecule has 0 bridgehead atoms. The van der Waals surface area contributed by atoms with Crippen molar-refractivity contribution in [1.82, 2.24) is 0 Å². The molecule has 0 aliphatic heterocycles. The average Bonchev–Trinajstić information content (AvgIpc) is 2.26. The van der Waals surface area contributed by atoms with Gasteiger partial charge in [-0.05, 0) is 19.9 Å². The Hall–Kier alpha value is -1.24. The summed E-state index contributed by atoms with van der Waals surface area (Å²) in [5.41, 5.74) is 1.13. The molecule has 0 aliphatic carbocycles. The van der Waals surface area contributed by atoms with Gasteiger partial charge in [-0.25, -0.2) is 0 Å². The quantitative estimate of drug-likeness (QED) is 0.587. The zero-order valence-electron chi connectivity index (χ0n) is 6.92. The van der Waals surface area contributed by atoms with Crippen LogP contribution in [-0.2, 0) is 0 Å². The van der Waals surface area contributed by atoms with E-state index >= 15 is 0 Å². The maximum Gasteiger partial charge on any atom is 0.108 e. The molecule has 0 spiro atoms. The van der Waals surface area contributed by atoms with Crippen LogP contribution in [0.1, 0.15) is 17.1 Å². The molecule has 1 heteroatoms. The van der Waals surface area contributed by atoms with E-state index in [-0.39, 0.29) is 0 Å². The third kappa shape index (κ3) is 1.84. The van der Waals surface area contributed by atoms with E-state index in [2.05, 4.69) is 6.58 Å². The van der Waals surface area contributed by atoms with E-state index in [1.165, 1.54) is 0 Å². The SMILES string of the molecule is C=C/C=C\c1cc(C)oc1C. The highest BCUT2D eigenvalue weighted by Crippen LogP contribution is 2.14. The highest BCUT2D eigenvalue weighted by molar-refractivity contribution is 5.53. The molecule has 0 atom stereocenters. The molecule has 0 fully saturated rings. The minimum atomic E-state index is 0.950. The van der Waals surface area contributed by atoms with Crippen LogP contribution in [0.4, 0.5) is 0 Å². The lowest BCUT2D eigenvalue weighted by Crippen LogP contribution is -1.67. The standard InChI is InChI=1S/C10H12O/c1-4-5-6-10-7-8(2)11-9(10)3/h4-7H,1H2,2-3H3/b6-5-. The molecule has 11 heavy (non-hydrogen) atoms. The first-order valence-electron chi connectivity index (χ1n) is 3.60. The summed E-state index contributed by atoms with van der Waals surface area (Å²) in [4.78, 5) is 0. The lowest BCUT2D eigenvalue weighted by atomic mass is 10.2. The average molecular weight is 148 g/mol. The number of furan rings is 1. The molecule has 1 aromatic heterocycles. The molecule has 1 nitrogen and oxygen atoms in total. The van der Waals surface area contributed by atoms with Crippen LogP contribution >= 0.6 is 0 Å². The topological polar surface area (TPSA) is 13.1 Å². The van der Waals surface area contributed by atoms with E-state index in [1.807, 2.05) is 32.1 Å². The molecule has 0 saturated carbocycles. The number of hydrogen-bond donors (Lipinski definition) is 0. The van der Waals surface area contributed by atoms with Crippen LogP contribution in [0.15, 0.2) is 29.2 Å². The fraction of sp³-hybridized carbons (Fsp3) is 0.200. The normalized spacial score (nSPS) is 10.7. The molecule has 58 valence electrons. The van der Waals surface area contributed by atoms with Crippen molar-refractivity contribution in [1.29, 1.82) is 0 Å².